The summed E-state index contributed by atoms with van der Waals surface area (Å²) in [6, 6.07) is 3.22. The van der Waals surface area contributed by atoms with Crippen LogP contribution in [0.1, 0.15) is 22.4 Å². The Morgan fingerprint density at radius 3 is 2.65 bits per heavy atom. The molecule has 140 valence electrons. The van der Waals surface area contributed by atoms with E-state index < -0.39 is 27.4 Å². The van der Waals surface area contributed by atoms with E-state index in [1.165, 1.54) is 18.3 Å². The molecule has 5 nitrogen and oxygen atoms in total. The van der Waals surface area contributed by atoms with Gasteiger partial charge in [-0.15, -0.1) is 0 Å². The predicted octanol–water partition coefficient (Wildman–Crippen LogP) is 2.60. The maximum Gasteiger partial charge on any atom is 0.419 e. The van der Waals surface area contributed by atoms with Crippen LogP contribution in [0.5, 0.6) is 0 Å². The minimum atomic E-state index is -4.75. The van der Waals surface area contributed by atoms with Crippen LogP contribution in [-0.2, 0) is 35.5 Å². The first kappa shape index (κ1) is 18.7. The van der Waals surface area contributed by atoms with Gasteiger partial charge >= 0.3 is 6.18 Å². The van der Waals surface area contributed by atoms with Gasteiger partial charge in [0, 0.05) is 49.6 Å². The second-order valence-electron chi connectivity index (χ2n) is 6.13. The molecule has 0 aliphatic carbocycles. The first-order valence-corrected chi connectivity index (χ1v) is 9.56. The molecule has 1 aromatic heterocycles. The molecule has 0 N–H and O–H groups in total. The molecule has 0 bridgehead atoms. The van der Waals surface area contributed by atoms with Crippen molar-refractivity contribution in [2.75, 3.05) is 12.8 Å². The van der Waals surface area contributed by atoms with Crippen molar-refractivity contribution < 1.29 is 26.0 Å². The molecule has 0 atom stereocenters. The zero-order valence-corrected chi connectivity index (χ0v) is 14.5. The maximum atomic E-state index is 14.2. The van der Waals surface area contributed by atoms with Crippen molar-refractivity contribution in [2.45, 2.75) is 30.8 Å². The Bertz CT molecular complexity index is 945. The van der Waals surface area contributed by atoms with Gasteiger partial charge < -0.3 is 0 Å². The van der Waals surface area contributed by atoms with Crippen molar-refractivity contribution >= 4 is 9.84 Å². The van der Waals surface area contributed by atoms with Crippen LogP contribution in [-0.4, -0.2) is 36.1 Å². The molecule has 0 unspecified atom stereocenters. The lowest BCUT2D eigenvalue weighted by atomic mass is 10.0. The molecule has 10 heteroatoms. The van der Waals surface area contributed by atoms with E-state index in [4.69, 9.17) is 0 Å². The van der Waals surface area contributed by atoms with Crippen LogP contribution in [0.4, 0.5) is 17.6 Å². The lowest BCUT2D eigenvalue weighted by molar-refractivity contribution is -0.140. The second-order valence-corrected chi connectivity index (χ2v) is 8.04. The molecule has 1 aliphatic heterocycles. The van der Waals surface area contributed by atoms with E-state index in [0.29, 0.717) is 36.8 Å². The van der Waals surface area contributed by atoms with Crippen LogP contribution in [0.25, 0.3) is 0 Å². The first-order chi connectivity index (χ1) is 12.1. The third kappa shape index (κ3) is 3.85. The molecule has 3 rings (SSSR count). The van der Waals surface area contributed by atoms with E-state index in [2.05, 4.69) is 9.97 Å². The Labute approximate surface area is 147 Å². The van der Waals surface area contributed by atoms with Crippen molar-refractivity contribution in [2.24, 2.45) is 0 Å². The summed E-state index contributed by atoms with van der Waals surface area (Å²) in [5.74, 6) is -1.27. The van der Waals surface area contributed by atoms with E-state index in [0.717, 1.165) is 6.26 Å². The van der Waals surface area contributed by atoms with E-state index in [-0.39, 0.29) is 17.3 Å². The van der Waals surface area contributed by atoms with Crippen LogP contribution in [0, 0.1) is 5.82 Å². The monoisotopic (exact) mass is 389 g/mol. The number of aromatic nitrogens is 2. The molecular formula is C16H15F4N3O2S. The minimum Gasteiger partial charge on any atom is -0.294 e. The molecule has 26 heavy (non-hydrogen) atoms. The van der Waals surface area contributed by atoms with Gasteiger partial charge in [-0.25, -0.2) is 22.8 Å². The van der Waals surface area contributed by atoms with Crippen LogP contribution in [0.2, 0.25) is 0 Å². The molecule has 0 saturated heterocycles. The zero-order valence-electron chi connectivity index (χ0n) is 13.7. The summed E-state index contributed by atoms with van der Waals surface area (Å²) >= 11 is 0. The highest BCUT2D eigenvalue weighted by Gasteiger charge is 2.35. The number of alkyl halides is 3. The van der Waals surface area contributed by atoms with Crippen molar-refractivity contribution in [3.63, 3.8) is 0 Å². The molecule has 0 fully saturated rings. The highest BCUT2D eigenvalue weighted by Crippen LogP contribution is 2.33. The highest BCUT2D eigenvalue weighted by atomic mass is 32.2. The lowest BCUT2D eigenvalue weighted by Gasteiger charge is -2.28. The molecule has 2 aromatic rings. The zero-order chi connectivity index (χ0) is 19.1. The summed E-state index contributed by atoms with van der Waals surface area (Å²) in [6.07, 6.45) is -1.93. The second kappa shape index (κ2) is 6.58. The highest BCUT2D eigenvalue weighted by molar-refractivity contribution is 7.90. The lowest BCUT2D eigenvalue weighted by Crippen LogP contribution is -2.31. The fraction of sp³-hybridized carbons (Fsp3) is 0.375. The van der Waals surface area contributed by atoms with Crippen LogP contribution < -0.4 is 0 Å². The van der Waals surface area contributed by atoms with E-state index in [1.807, 2.05) is 0 Å². The normalized spacial score (nSPS) is 15.7. The number of hydrogen-bond acceptors (Lipinski definition) is 5. The van der Waals surface area contributed by atoms with Crippen molar-refractivity contribution in [1.29, 1.82) is 0 Å². The summed E-state index contributed by atoms with van der Waals surface area (Å²) in [5.41, 5.74) is -0.0669. The molecule has 1 aliphatic rings. The minimum absolute atomic E-state index is 0.00300. The van der Waals surface area contributed by atoms with Crippen molar-refractivity contribution in [3.8, 4) is 0 Å². The van der Waals surface area contributed by atoms with Gasteiger partial charge in [0.15, 0.2) is 0 Å². The third-order valence-corrected chi connectivity index (χ3v) is 4.96. The predicted molar refractivity (Wildman–Crippen MR) is 84.4 cm³/mol. The quantitative estimate of drug-likeness (QED) is 0.597. The molecule has 1 aromatic carbocycles. The smallest absolute Gasteiger partial charge is 0.294 e. The van der Waals surface area contributed by atoms with E-state index in [1.54, 1.807) is 4.90 Å². The molecule has 0 saturated carbocycles. The summed E-state index contributed by atoms with van der Waals surface area (Å²) in [6.45, 7) is 0.723. The van der Waals surface area contributed by atoms with Crippen molar-refractivity contribution in [3.05, 3.63) is 52.6 Å². The van der Waals surface area contributed by atoms with Crippen LogP contribution >= 0.6 is 0 Å². The van der Waals surface area contributed by atoms with Gasteiger partial charge in [0.1, 0.15) is 5.82 Å². The number of halogens is 4. The number of fused-ring (bicyclic) bond motifs is 1. The average Bonchev–Trinajstić information content (AvgIpc) is 2.54. The SMILES string of the molecule is CS(=O)(=O)c1ncc2c(n1)CCN(Cc1cccc(C(F)(F)F)c1F)C2. The Balaban J connectivity index is 1.81. The number of nitrogens with zero attached hydrogens (tertiary/aromatic N) is 3. The van der Waals surface area contributed by atoms with E-state index >= 15 is 0 Å². The summed E-state index contributed by atoms with van der Waals surface area (Å²) in [7, 11) is -3.51. The third-order valence-electron chi connectivity index (χ3n) is 4.10. The molecule has 0 spiro atoms. The summed E-state index contributed by atoms with van der Waals surface area (Å²) < 4.78 is 75.6. The fourth-order valence-electron chi connectivity index (χ4n) is 2.83. The Hall–Kier alpha value is -2.07. The Morgan fingerprint density at radius 2 is 2.00 bits per heavy atom. The van der Waals surface area contributed by atoms with Gasteiger partial charge in [-0.05, 0) is 6.07 Å². The van der Waals surface area contributed by atoms with Gasteiger partial charge in [-0.2, -0.15) is 13.2 Å². The Kier molecular flexibility index (Phi) is 4.74. The number of hydrogen-bond donors (Lipinski definition) is 0. The summed E-state index contributed by atoms with van der Waals surface area (Å²) in [5, 5.41) is -0.256. The number of sulfone groups is 1. The fourth-order valence-corrected chi connectivity index (χ4v) is 3.35. The summed E-state index contributed by atoms with van der Waals surface area (Å²) in [4.78, 5) is 9.63. The standard InChI is InChI=1S/C16H15F4N3O2S/c1-26(24,25)15-21-7-11-9-23(6-5-13(11)22-15)8-10-3-2-4-12(14(10)17)16(18,19)20/h2-4,7H,5-6,8-9H2,1H3. The largest absolute Gasteiger partial charge is 0.419 e. The van der Waals surface area contributed by atoms with Crippen molar-refractivity contribution in [1.82, 2.24) is 14.9 Å². The molecule has 0 radical (unpaired) electrons. The number of rotatable bonds is 3. The van der Waals surface area contributed by atoms with Gasteiger partial charge in [-0.1, -0.05) is 12.1 Å². The van der Waals surface area contributed by atoms with Gasteiger partial charge in [0.25, 0.3) is 0 Å². The first-order valence-electron chi connectivity index (χ1n) is 7.67. The molecule has 0 amide bonds. The van der Waals surface area contributed by atoms with Gasteiger partial charge in [-0.3, -0.25) is 4.90 Å². The van der Waals surface area contributed by atoms with Gasteiger partial charge in [0.05, 0.1) is 11.3 Å². The maximum absolute atomic E-state index is 14.2. The van der Waals surface area contributed by atoms with E-state index in [9.17, 15) is 26.0 Å². The van der Waals surface area contributed by atoms with Crippen LogP contribution in [0.3, 0.4) is 0 Å². The molecular weight excluding hydrogens is 374 g/mol. The number of benzene rings is 1. The van der Waals surface area contributed by atoms with Gasteiger partial charge in [0.2, 0.25) is 15.0 Å². The van der Waals surface area contributed by atoms with Crippen LogP contribution in [0.15, 0.2) is 29.6 Å². The average molecular weight is 389 g/mol. The Morgan fingerprint density at radius 1 is 1.27 bits per heavy atom. The topological polar surface area (TPSA) is 63.2 Å². The molecule has 2 heterocycles.